The zero-order valence-electron chi connectivity index (χ0n) is 13.8. The van der Waals surface area contributed by atoms with E-state index in [1.54, 1.807) is 18.2 Å². The molecule has 2 rings (SSSR count). The third-order valence-corrected chi connectivity index (χ3v) is 4.19. The first kappa shape index (κ1) is 19.8. The van der Waals surface area contributed by atoms with E-state index in [0.717, 1.165) is 0 Å². The minimum Gasteiger partial charge on any atom is -0.452 e. The molecule has 0 radical (unpaired) electrons. The number of benzene rings is 2. The molecule has 1 atom stereocenters. The number of esters is 1. The number of hydrogen-bond donors (Lipinski definition) is 2. The summed E-state index contributed by atoms with van der Waals surface area (Å²) in [6.07, 6.45) is -1.04. The number of nitrogens with one attached hydrogen (secondary N) is 1. The van der Waals surface area contributed by atoms with Crippen molar-refractivity contribution in [3.8, 4) is 0 Å². The first-order valence-electron chi connectivity index (χ1n) is 7.60. The Morgan fingerprint density at radius 3 is 2.31 bits per heavy atom. The SMILES string of the molecule is C[C@@H](OC(=O)Cc1ccc(Cl)c(Cl)c1)C(=O)Nc1ccc(C(N)=O)cc1. The van der Waals surface area contributed by atoms with Crippen molar-refractivity contribution in [3.05, 3.63) is 63.6 Å². The number of ether oxygens (including phenoxy) is 1. The Morgan fingerprint density at radius 2 is 1.73 bits per heavy atom. The first-order valence-corrected chi connectivity index (χ1v) is 8.36. The topological polar surface area (TPSA) is 98.5 Å². The van der Waals surface area contributed by atoms with Crippen molar-refractivity contribution in [1.29, 1.82) is 0 Å². The molecule has 26 heavy (non-hydrogen) atoms. The lowest BCUT2D eigenvalue weighted by molar-refractivity contribution is -0.152. The van der Waals surface area contributed by atoms with Crippen LogP contribution in [0.1, 0.15) is 22.8 Å². The van der Waals surface area contributed by atoms with Crippen LogP contribution in [0.2, 0.25) is 10.0 Å². The zero-order valence-corrected chi connectivity index (χ0v) is 15.3. The van der Waals surface area contributed by atoms with Crippen molar-refractivity contribution in [2.24, 2.45) is 5.73 Å². The van der Waals surface area contributed by atoms with E-state index in [-0.39, 0.29) is 6.42 Å². The van der Waals surface area contributed by atoms with E-state index < -0.39 is 23.9 Å². The number of nitrogens with two attached hydrogens (primary N) is 1. The van der Waals surface area contributed by atoms with E-state index in [1.165, 1.54) is 31.2 Å². The van der Waals surface area contributed by atoms with E-state index in [1.807, 2.05) is 0 Å². The lowest BCUT2D eigenvalue weighted by atomic mass is 10.1. The summed E-state index contributed by atoms with van der Waals surface area (Å²) >= 11 is 11.7. The van der Waals surface area contributed by atoms with Crippen molar-refractivity contribution >= 4 is 46.7 Å². The average Bonchev–Trinajstić information content (AvgIpc) is 2.58. The summed E-state index contributed by atoms with van der Waals surface area (Å²) in [6, 6.07) is 10.8. The van der Waals surface area contributed by atoms with Crippen LogP contribution in [0.3, 0.4) is 0 Å². The monoisotopic (exact) mass is 394 g/mol. The van der Waals surface area contributed by atoms with Gasteiger partial charge in [-0.3, -0.25) is 14.4 Å². The maximum absolute atomic E-state index is 12.1. The number of hydrogen-bond acceptors (Lipinski definition) is 4. The standard InChI is InChI=1S/C18H16Cl2N2O4/c1-10(18(25)22-13-5-3-12(4-6-13)17(21)24)26-16(23)9-11-2-7-14(19)15(20)8-11/h2-8,10H,9H2,1H3,(H2,21,24)(H,22,25)/t10-/m1/s1. The molecule has 8 heteroatoms. The van der Waals surface area contributed by atoms with Gasteiger partial charge >= 0.3 is 5.97 Å². The van der Waals surface area contributed by atoms with Crippen LogP contribution < -0.4 is 11.1 Å². The molecule has 0 aromatic heterocycles. The highest BCUT2D eigenvalue weighted by Crippen LogP contribution is 2.23. The first-order chi connectivity index (χ1) is 12.3. The Balaban J connectivity index is 1.90. The molecule has 2 aromatic rings. The molecule has 0 saturated carbocycles. The Labute approximate surface area is 160 Å². The molecular weight excluding hydrogens is 379 g/mol. The van der Waals surface area contributed by atoms with Crippen LogP contribution in [-0.4, -0.2) is 23.9 Å². The summed E-state index contributed by atoms with van der Waals surface area (Å²) in [7, 11) is 0. The summed E-state index contributed by atoms with van der Waals surface area (Å²) in [6.45, 7) is 1.46. The van der Waals surface area contributed by atoms with Crippen LogP contribution in [0, 0.1) is 0 Å². The van der Waals surface area contributed by atoms with E-state index >= 15 is 0 Å². The predicted octanol–water partition coefficient (Wildman–Crippen LogP) is 3.21. The Hall–Kier alpha value is -2.57. The van der Waals surface area contributed by atoms with Gasteiger partial charge in [-0.15, -0.1) is 0 Å². The number of primary amides is 1. The predicted molar refractivity (Wildman–Crippen MR) is 99.3 cm³/mol. The molecule has 0 spiro atoms. The molecule has 136 valence electrons. The quantitative estimate of drug-likeness (QED) is 0.734. The van der Waals surface area contributed by atoms with Gasteiger partial charge in [0.15, 0.2) is 6.10 Å². The highest BCUT2D eigenvalue weighted by molar-refractivity contribution is 6.42. The number of rotatable bonds is 6. The van der Waals surface area contributed by atoms with Gasteiger partial charge in [0.25, 0.3) is 5.91 Å². The molecule has 2 amide bonds. The number of carbonyl (C=O) groups excluding carboxylic acids is 3. The molecule has 6 nitrogen and oxygen atoms in total. The fraction of sp³-hybridized carbons (Fsp3) is 0.167. The summed E-state index contributed by atoms with van der Waals surface area (Å²) < 4.78 is 5.12. The average molecular weight is 395 g/mol. The second-order valence-corrected chi connectivity index (χ2v) is 6.30. The number of amides is 2. The number of carbonyl (C=O) groups is 3. The summed E-state index contributed by atoms with van der Waals surface area (Å²) in [5.74, 6) is -1.64. The molecule has 0 fully saturated rings. The molecule has 0 aliphatic rings. The van der Waals surface area contributed by atoms with Crippen molar-refractivity contribution in [2.75, 3.05) is 5.32 Å². The lowest BCUT2D eigenvalue weighted by Gasteiger charge is -2.14. The molecule has 2 aromatic carbocycles. The highest BCUT2D eigenvalue weighted by Gasteiger charge is 2.18. The fourth-order valence-electron chi connectivity index (χ4n) is 2.07. The van der Waals surface area contributed by atoms with Gasteiger partial charge < -0.3 is 15.8 Å². The van der Waals surface area contributed by atoms with Gasteiger partial charge in [0.05, 0.1) is 16.5 Å². The molecule has 0 saturated heterocycles. The molecule has 0 bridgehead atoms. The zero-order chi connectivity index (χ0) is 19.3. The van der Waals surface area contributed by atoms with Crippen LogP contribution in [0.4, 0.5) is 5.69 Å². The number of halogens is 2. The van der Waals surface area contributed by atoms with E-state index in [0.29, 0.717) is 26.9 Å². The normalized spacial score (nSPS) is 11.5. The Kier molecular flexibility index (Phi) is 6.60. The van der Waals surface area contributed by atoms with Crippen molar-refractivity contribution < 1.29 is 19.1 Å². The van der Waals surface area contributed by atoms with Crippen LogP contribution in [0.25, 0.3) is 0 Å². The largest absolute Gasteiger partial charge is 0.452 e. The molecule has 0 aliphatic heterocycles. The molecular formula is C18H16Cl2N2O4. The second kappa shape index (κ2) is 8.69. The molecule has 0 unspecified atom stereocenters. The van der Waals surface area contributed by atoms with Gasteiger partial charge in [0.2, 0.25) is 5.91 Å². The number of anilines is 1. The van der Waals surface area contributed by atoms with Crippen LogP contribution in [-0.2, 0) is 20.7 Å². The van der Waals surface area contributed by atoms with E-state index in [4.69, 9.17) is 33.7 Å². The minimum absolute atomic E-state index is 0.0399. The van der Waals surface area contributed by atoms with Crippen LogP contribution in [0.5, 0.6) is 0 Å². The Morgan fingerprint density at radius 1 is 1.08 bits per heavy atom. The van der Waals surface area contributed by atoms with Gasteiger partial charge in [-0.2, -0.15) is 0 Å². The summed E-state index contributed by atoms with van der Waals surface area (Å²) in [4.78, 5) is 35.1. The molecule has 0 heterocycles. The summed E-state index contributed by atoms with van der Waals surface area (Å²) in [5, 5.41) is 3.31. The van der Waals surface area contributed by atoms with Crippen molar-refractivity contribution in [2.45, 2.75) is 19.4 Å². The fourth-order valence-corrected chi connectivity index (χ4v) is 2.39. The van der Waals surface area contributed by atoms with Gasteiger partial charge in [0, 0.05) is 11.3 Å². The highest BCUT2D eigenvalue weighted by atomic mass is 35.5. The third-order valence-electron chi connectivity index (χ3n) is 3.45. The lowest BCUT2D eigenvalue weighted by Crippen LogP contribution is -2.30. The van der Waals surface area contributed by atoms with Crippen molar-refractivity contribution in [3.63, 3.8) is 0 Å². The van der Waals surface area contributed by atoms with E-state index in [9.17, 15) is 14.4 Å². The Bertz CT molecular complexity index is 838. The smallest absolute Gasteiger partial charge is 0.311 e. The van der Waals surface area contributed by atoms with Gasteiger partial charge in [-0.25, -0.2) is 0 Å². The van der Waals surface area contributed by atoms with Gasteiger partial charge in [0.1, 0.15) is 0 Å². The van der Waals surface area contributed by atoms with Crippen LogP contribution >= 0.6 is 23.2 Å². The maximum Gasteiger partial charge on any atom is 0.311 e. The molecule has 0 aliphatic carbocycles. The van der Waals surface area contributed by atoms with Crippen molar-refractivity contribution in [1.82, 2.24) is 0 Å². The maximum atomic E-state index is 12.1. The third kappa shape index (κ3) is 5.47. The molecule has 3 N–H and O–H groups in total. The van der Waals surface area contributed by atoms with E-state index in [2.05, 4.69) is 5.32 Å². The minimum atomic E-state index is -0.999. The summed E-state index contributed by atoms with van der Waals surface area (Å²) in [5.41, 5.74) is 6.55. The van der Waals surface area contributed by atoms with Crippen LogP contribution in [0.15, 0.2) is 42.5 Å². The second-order valence-electron chi connectivity index (χ2n) is 5.49. The van der Waals surface area contributed by atoms with Gasteiger partial charge in [-0.05, 0) is 48.9 Å². The van der Waals surface area contributed by atoms with Gasteiger partial charge in [-0.1, -0.05) is 29.3 Å².